The third-order valence-electron chi connectivity index (χ3n) is 5.52. The first kappa shape index (κ1) is 19.1. The summed E-state index contributed by atoms with van der Waals surface area (Å²) in [5.74, 6) is 0.824. The van der Waals surface area contributed by atoms with E-state index in [1.54, 1.807) is 0 Å². The minimum absolute atomic E-state index is 0.114. The molecule has 2 heterocycles. The van der Waals surface area contributed by atoms with Gasteiger partial charge in [-0.3, -0.25) is 4.79 Å². The number of nitrogens with one attached hydrogen (secondary N) is 1. The second-order valence-electron chi connectivity index (χ2n) is 7.66. The van der Waals surface area contributed by atoms with Crippen molar-refractivity contribution >= 4 is 17.4 Å². The van der Waals surface area contributed by atoms with E-state index in [0.717, 1.165) is 41.4 Å². The van der Waals surface area contributed by atoms with Crippen LogP contribution in [0.4, 0.5) is 11.5 Å². The molecule has 1 aliphatic heterocycles. The van der Waals surface area contributed by atoms with Crippen LogP contribution in [0.5, 0.6) is 0 Å². The summed E-state index contributed by atoms with van der Waals surface area (Å²) in [4.78, 5) is 14.9. The van der Waals surface area contributed by atoms with Gasteiger partial charge in [-0.2, -0.15) is 0 Å². The van der Waals surface area contributed by atoms with Gasteiger partial charge in [-0.25, -0.2) is 0 Å². The summed E-state index contributed by atoms with van der Waals surface area (Å²) in [6.45, 7) is 6.15. The average molecular weight is 386 g/mol. The van der Waals surface area contributed by atoms with Gasteiger partial charge in [0.15, 0.2) is 5.82 Å². The van der Waals surface area contributed by atoms with Gasteiger partial charge in [0.05, 0.1) is 5.69 Å². The zero-order valence-corrected chi connectivity index (χ0v) is 17.0. The van der Waals surface area contributed by atoms with E-state index >= 15 is 0 Å². The van der Waals surface area contributed by atoms with Gasteiger partial charge in [-0.15, -0.1) is 10.2 Å². The van der Waals surface area contributed by atoms with E-state index in [0.29, 0.717) is 5.56 Å². The Morgan fingerprint density at radius 3 is 2.45 bits per heavy atom. The van der Waals surface area contributed by atoms with Crippen LogP contribution >= 0.6 is 0 Å². The molecule has 4 rings (SSSR count). The highest BCUT2D eigenvalue weighted by Crippen LogP contribution is 2.23. The number of benzene rings is 2. The van der Waals surface area contributed by atoms with Crippen molar-refractivity contribution in [2.45, 2.75) is 33.1 Å². The molecule has 1 aliphatic rings. The lowest BCUT2D eigenvalue weighted by Crippen LogP contribution is -2.30. The Kier molecular flexibility index (Phi) is 5.56. The smallest absolute Gasteiger partial charge is 0.255 e. The van der Waals surface area contributed by atoms with Crippen molar-refractivity contribution < 1.29 is 4.79 Å². The summed E-state index contributed by atoms with van der Waals surface area (Å²) >= 11 is 0. The van der Waals surface area contributed by atoms with Gasteiger partial charge < -0.3 is 10.2 Å². The maximum atomic E-state index is 12.6. The van der Waals surface area contributed by atoms with E-state index in [9.17, 15) is 4.79 Å². The lowest BCUT2D eigenvalue weighted by Gasteiger charge is -2.27. The molecule has 0 saturated carbocycles. The normalized spacial score (nSPS) is 13.9. The lowest BCUT2D eigenvalue weighted by atomic mass is 10.1. The summed E-state index contributed by atoms with van der Waals surface area (Å²) < 4.78 is 0. The lowest BCUT2D eigenvalue weighted by molar-refractivity contribution is 0.102. The van der Waals surface area contributed by atoms with Crippen LogP contribution in [0.2, 0.25) is 0 Å². The Morgan fingerprint density at radius 1 is 0.897 bits per heavy atom. The van der Waals surface area contributed by atoms with Crippen LogP contribution in [0.3, 0.4) is 0 Å². The monoisotopic (exact) mass is 386 g/mol. The number of carbonyl (C=O) groups excluding carboxylic acids is 1. The molecule has 2 aromatic carbocycles. The number of amides is 1. The fraction of sp³-hybridized carbons (Fsp3) is 0.292. The quantitative estimate of drug-likeness (QED) is 0.685. The van der Waals surface area contributed by atoms with E-state index in [-0.39, 0.29) is 5.91 Å². The molecule has 0 bridgehead atoms. The molecule has 5 nitrogen and oxygen atoms in total. The number of hydrogen-bond donors (Lipinski definition) is 1. The molecule has 29 heavy (non-hydrogen) atoms. The van der Waals surface area contributed by atoms with Crippen LogP contribution in [0.1, 0.15) is 40.7 Å². The maximum Gasteiger partial charge on any atom is 0.255 e. The van der Waals surface area contributed by atoms with Crippen LogP contribution < -0.4 is 10.2 Å². The molecule has 0 radical (unpaired) electrons. The van der Waals surface area contributed by atoms with Crippen molar-refractivity contribution in [2.24, 2.45) is 0 Å². The van der Waals surface area contributed by atoms with Crippen molar-refractivity contribution in [3.8, 4) is 11.3 Å². The topological polar surface area (TPSA) is 58.1 Å². The fourth-order valence-corrected chi connectivity index (χ4v) is 3.61. The number of piperidine rings is 1. The van der Waals surface area contributed by atoms with Crippen LogP contribution in [0, 0.1) is 13.8 Å². The molecule has 1 saturated heterocycles. The Balaban J connectivity index is 1.49. The highest BCUT2D eigenvalue weighted by molar-refractivity contribution is 6.04. The van der Waals surface area contributed by atoms with E-state index in [1.165, 1.54) is 24.8 Å². The Hall–Kier alpha value is -3.21. The van der Waals surface area contributed by atoms with Crippen LogP contribution in [0.25, 0.3) is 11.3 Å². The first-order valence-electron chi connectivity index (χ1n) is 10.2. The summed E-state index contributed by atoms with van der Waals surface area (Å²) in [5.41, 5.74) is 5.41. The molecule has 148 valence electrons. The van der Waals surface area contributed by atoms with Gasteiger partial charge in [0.1, 0.15) is 0 Å². The summed E-state index contributed by atoms with van der Waals surface area (Å²) in [6, 6.07) is 17.5. The molecule has 1 fully saturated rings. The van der Waals surface area contributed by atoms with E-state index in [2.05, 4.69) is 20.4 Å². The van der Waals surface area contributed by atoms with Crippen molar-refractivity contribution in [3.05, 3.63) is 71.3 Å². The predicted octanol–water partition coefficient (Wildman–Crippen LogP) is 5.00. The fourth-order valence-electron chi connectivity index (χ4n) is 3.61. The second-order valence-corrected chi connectivity index (χ2v) is 7.66. The van der Waals surface area contributed by atoms with Crippen molar-refractivity contribution in [3.63, 3.8) is 0 Å². The highest BCUT2D eigenvalue weighted by atomic mass is 16.1. The molecule has 0 spiro atoms. The standard InChI is InChI=1S/C24H26N4O/c1-17-9-10-20(15-18(17)2)24(29)25-21-8-6-7-19(16-21)22-11-12-23(27-26-22)28-13-4-3-5-14-28/h6-12,15-16H,3-5,13-14H2,1-2H3,(H,25,29). The number of aromatic nitrogens is 2. The Bertz CT molecular complexity index is 1010. The van der Waals surface area contributed by atoms with E-state index in [1.807, 2.05) is 68.4 Å². The van der Waals surface area contributed by atoms with Gasteiger partial charge in [0.25, 0.3) is 5.91 Å². The summed E-state index contributed by atoms with van der Waals surface area (Å²) in [7, 11) is 0. The first-order valence-corrected chi connectivity index (χ1v) is 10.2. The Morgan fingerprint density at radius 2 is 1.72 bits per heavy atom. The second kappa shape index (κ2) is 8.43. The molecule has 0 atom stereocenters. The minimum atomic E-state index is -0.114. The van der Waals surface area contributed by atoms with Gasteiger partial charge in [-0.1, -0.05) is 18.2 Å². The Labute approximate surface area is 171 Å². The molecular weight excluding hydrogens is 360 g/mol. The SMILES string of the molecule is Cc1ccc(C(=O)Nc2cccc(-c3ccc(N4CCCCC4)nn3)c2)cc1C. The van der Waals surface area contributed by atoms with E-state index < -0.39 is 0 Å². The third kappa shape index (κ3) is 4.45. The zero-order chi connectivity index (χ0) is 20.2. The summed E-state index contributed by atoms with van der Waals surface area (Å²) in [5, 5.41) is 11.8. The van der Waals surface area contributed by atoms with Crippen molar-refractivity contribution in [1.29, 1.82) is 0 Å². The number of anilines is 2. The van der Waals surface area contributed by atoms with Crippen LogP contribution in [0.15, 0.2) is 54.6 Å². The number of nitrogens with zero attached hydrogens (tertiary/aromatic N) is 3. The molecule has 5 heteroatoms. The number of carbonyl (C=O) groups is 1. The van der Waals surface area contributed by atoms with Gasteiger partial charge in [-0.05, 0) is 80.6 Å². The molecular formula is C24H26N4O. The zero-order valence-electron chi connectivity index (χ0n) is 17.0. The largest absolute Gasteiger partial charge is 0.355 e. The maximum absolute atomic E-state index is 12.6. The predicted molar refractivity (Wildman–Crippen MR) is 117 cm³/mol. The first-order chi connectivity index (χ1) is 14.1. The molecule has 0 unspecified atom stereocenters. The average Bonchev–Trinajstić information content (AvgIpc) is 2.76. The van der Waals surface area contributed by atoms with Gasteiger partial charge in [0, 0.05) is 29.9 Å². The number of hydrogen-bond acceptors (Lipinski definition) is 4. The van der Waals surface area contributed by atoms with E-state index in [4.69, 9.17) is 0 Å². The third-order valence-corrected chi connectivity index (χ3v) is 5.52. The van der Waals surface area contributed by atoms with Gasteiger partial charge in [0.2, 0.25) is 0 Å². The number of aryl methyl sites for hydroxylation is 2. The minimum Gasteiger partial charge on any atom is -0.355 e. The number of rotatable bonds is 4. The molecule has 1 aromatic heterocycles. The molecule has 0 aliphatic carbocycles. The molecule has 1 amide bonds. The van der Waals surface area contributed by atoms with Crippen molar-refractivity contribution in [2.75, 3.05) is 23.3 Å². The molecule has 1 N–H and O–H groups in total. The van der Waals surface area contributed by atoms with Gasteiger partial charge >= 0.3 is 0 Å². The molecule has 3 aromatic rings. The van der Waals surface area contributed by atoms with Crippen molar-refractivity contribution in [1.82, 2.24) is 10.2 Å². The highest BCUT2D eigenvalue weighted by Gasteiger charge is 2.13. The summed E-state index contributed by atoms with van der Waals surface area (Å²) in [6.07, 6.45) is 3.72. The van der Waals surface area contributed by atoms with Crippen LogP contribution in [-0.2, 0) is 0 Å². The van der Waals surface area contributed by atoms with Crippen LogP contribution in [-0.4, -0.2) is 29.2 Å².